The van der Waals surface area contributed by atoms with Crippen LogP contribution in [-0.2, 0) is 4.79 Å². The molecule has 0 saturated carbocycles. The highest BCUT2D eigenvalue weighted by atomic mass is 16.5. The molecule has 1 unspecified atom stereocenters. The zero-order valence-corrected chi connectivity index (χ0v) is 7.78. The number of carboxylic acids is 1. The van der Waals surface area contributed by atoms with Gasteiger partial charge < -0.3 is 15.2 Å². The van der Waals surface area contributed by atoms with E-state index in [1.165, 1.54) is 0 Å². The number of para-hydroxylation sites is 1. The fourth-order valence-electron chi connectivity index (χ4n) is 1.47. The Bertz CT molecular complexity index is 376. The highest BCUT2D eigenvalue weighted by Crippen LogP contribution is 2.32. The minimum absolute atomic E-state index is 0.311. The van der Waals surface area contributed by atoms with E-state index < -0.39 is 12.1 Å². The third-order valence-corrected chi connectivity index (χ3v) is 2.23. The first-order valence-electron chi connectivity index (χ1n) is 4.41. The van der Waals surface area contributed by atoms with E-state index in [4.69, 9.17) is 9.84 Å². The molecule has 4 heteroatoms. The third kappa shape index (κ3) is 1.39. The van der Waals surface area contributed by atoms with Gasteiger partial charge in [0, 0.05) is 0 Å². The Morgan fingerprint density at radius 3 is 3.14 bits per heavy atom. The van der Waals surface area contributed by atoms with Gasteiger partial charge in [0.1, 0.15) is 5.75 Å². The minimum Gasteiger partial charge on any atom is -0.478 e. The lowest BCUT2D eigenvalue weighted by Gasteiger charge is -2.25. The largest absolute Gasteiger partial charge is 0.478 e. The van der Waals surface area contributed by atoms with Gasteiger partial charge >= 0.3 is 5.97 Å². The van der Waals surface area contributed by atoms with Crippen LogP contribution in [0.4, 0.5) is 5.69 Å². The number of carboxylic acid groups (broad SMARTS) is 1. The van der Waals surface area contributed by atoms with Crippen molar-refractivity contribution in [2.45, 2.75) is 13.0 Å². The van der Waals surface area contributed by atoms with Gasteiger partial charge in [0.05, 0.1) is 12.2 Å². The van der Waals surface area contributed by atoms with Crippen LogP contribution < -0.4 is 10.1 Å². The molecule has 0 amide bonds. The molecule has 0 bridgehead atoms. The number of fused-ring (bicyclic) bond motifs is 1. The van der Waals surface area contributed by atoms with Gasteiger partial charge in [0.15, 0.2) is 0 Å². The van der Waals surface area contributed by atoms with Gasteiger partial charge in [-0.3, -0.25) is 0 Å². The van der Waals surface area contributed by atoms with Crippen LogP contribution in [0.25, 0.3) is 0 Å². The molecule has 0 spiro atoms. The highest BCUT2D eigenvalue weighted by Gasteiger charge is 2.25. The second kappa shape index (κ2) is 3.21. The first-order chi connectivity index (χ1) is 6.68. The Morgan fingerprint density at radius 1 is 1.64 bits per heavy atom. The Hall–Kier alpha value is -1.71. The van der Waals surface area contributed by atoms with Crippen molar-refractivity contribution < 1.29 is 14.6 Å². The van der Waals surface area contributed by atoms with Crippen LogP contribution in [0.3, 0.4) is 0 Å². The number of ether oxygens (including phenoxy) is 1. The first-order valence-corrected chi connectivity index (χ1v) is 4.41. The van der Waals surface area contributed by atoms with Gasteiger partial charge in [0.25, 0.3) is 0 Å². The van der Waals surface area contributed by atoms with E-state index >= 15 is 0 Å². The summed E-state index contributed by atoms with van der Waals surface area (Å²) in [4.78, 5) is 10.7. The molecule has 2 rings (SSSR count). The van der Waals surface area contributed by atoms with Crippen LogP contribution in [0.5, 0.6) is 5.75 Å². The lowest BCUT2D eigenvalue weighted by Crippen LogP contribution is -2.37. The van der Waals surface area contributed by atoms with Crippen molar-refractivity contribution in [2.24, 2.45) is 0 Å². The van der Waals surface area contributed by atoms with Crippen molar-refractivity contribution in [2.75, 3.05) is 11.9 Å². The second-order valence-electron chi connectivity index (χ2n) is 3.28. The smallest absolute Gasteiger partial charge is 0.346 e. The molecule has 0 fully saturated rings. The monoisotopic (exact) mass is 193 g/mol. The predicted molar refractivity (Wildman–Crippen MR) is 51.7 cm³/mol. The number of benzene rings is 1. The standard InChI is InChI=1S/C10H11NO3/c1-6-3-2-4-7-9(6)14-8(5-11-7)10(12)13/h2-4,8,11H,5H2,1H3,(H,12,13). The fraction of sp³-hybridized carbons (Fsp3) is 0.300. The summed E-state index contributed by atoms with van der Waals surface area (Å²) in [5.41, 5.74) is 1.81. The normalized spacial score (nSPS) is 19.1. The molecule has 1 aliphatic rings. The highest BCUT2D eigenvalue weighted by molar-refractivity contribution is 5.76. The zero-order chi connectivity index (χ0) is 10.1. The van der Waals surface area contributed by atoms with Crippen molar-refractivity contribution in [3.8, 4) is 5.75 Å². The van der Waals surface area contributed by atoms with E-state index in [0.29, 0.717) is 12.3 Å². The quantitative estimate of drug-likeness (QED) is 0.704. The summed E-state index contributed by atoms with van der Waals surface area (Å²) in [6.45, 7) is 2.20. The summed E-state index contributed by atoms with van der Waals surface area (Å²) in [6.07, 6.45) is -0.788. The zero-order valence-electron chi connectivity index (χ0n) is 7.78. The summed E-state index contributed by atoms with van der Waals surface area (Å²) in [5.74, 6) is -0.294. The van der Waals surface area contributed by atoms with Crippen LogP contribution in [0, 0.1) is 6.92 Å². The van der Waals surface area contributed by atoms with Crippen molar-refractivity contribution in [1.29, 1.82) is 0 Å². The Kier molecular flexibility index (Phi) is 2.04. The molecule has 2 N–H and O–H groups in total. The van der Waals surface area contributed by atoms with Crippen molar-refractivity contribution in [1.82, 2.24) is 0 Å². The van der Waals surface area contributed by atoms with E-state index in [1.807, 2.05) is 25.1 Å². The second-order valence-corrected chi connectivity index (χ2v) is 3.28. The lowest BCUT2D eigenvalue weighted by molar-refractivity contribution is -0.144. The van der Waals surface area contributed by atoms with E-state index in [-0.39, 0.29) is 0 Å². The number of anilines is 1. The number of aliphatic carboxylic acids is 1. The van der Waals surface area contributed by atoms with Gasteiger partial charge in [-0.2, -0.15) is 0 Å². The predicted octanol–water partition coefficient (Wildman–Crippen LogP) is 1.25. The number of hydrogen-bond acceptors (Lipinski definition) is 3. The van der Waals surface area contributed by atoms with Gasteiger partial charge in [-0.1, -0.05) is 12.1 Å². The molecule has 4 nitrogen and oxygen atoms in total. The topological polar surface area (TPSA) is 58.6 Å². The van der Waals surface area contributed by atoms with E-state index in [2.05, 4.69) is 5.32 Å². The summed E-state index contributed by atoms with van der Waals surface area (Å²) in [7, 11) is 0. The maximum Gasteiger partial charge on any atom is 0.346 e. The Labute approximate surface area is 81.5 Å². The Balaban J connectivity index is 2.33. The fourth-order valence-corrected chi connectivity index (χ4v) is 1.47. The van der Waals surface area contributed by atoms with E-state index in [1.54, 1.807) is 0 Å². The molecule has 0 saturated heterocycles. The molecule has 0 aromatic heterocycles. The summed E-state index contributed by atoms with van der Waals surface area (Å²) in [6, 6.07) is 5.68. The molecule has 1 heterocycles. The van der Waals surface area contributed by atoms with Crippen molar-refractivity contribution in [3.05, 3.63) is 23.8 Å². The summed E-state index contributed by atoms with van der Waals surface area (Å²) < 4.78 is 5.36. The molecule has 1 aromatic rings. The van der Waals surface area contributed by atoms with Gasteiger partial charge in [-0.05, 0) is 18.6 Å². The number of nitrogens with one attached hydrogen (secondary N) is 1. The molecule has 1 atom stereocenters. The summed E-state index contributed by atoms with van der Waals surface area (Å²) in [5, 5.41) is 11.8. The number of rotatable bonds is 1. The van der Waals surface area contributed by atoms with Crippen LogP contribution in [0.15, 0.2) is 18.2 Å². The van der Waals surface area contributed by atoms with Crippen LogP contribution in [-0.4, -0.2) is 23.7 Å². The average molecular weight is 193 g/mol. The maximum atomic E-state index is 10.7. The molecule has 74 valence electrons. The molecule has 14 heavy (non-hydrogen) atoms. The minimum atomic E-state index is -0.939. The van der Waals surface area contributed by atoms with Crippen molar-refractivity contribution >= 4 is 11.7 Å². The van der Waals surface area contributed by atoms with Crippen LogP contribution in [0.1, 0.15) is 5.56 Å². The van der Waals surface area contributed by atoms with Crippen molar-refractivity contribution in [3.63, 3.8) is 0 Å². The maximum absolute atomic E-state index is 10.7. The number of aryl methyl sites for hydroxylation is 1. The molecule has 1 aromatic carbocycles. The van der Waals surface area contributed by atoms with Gasteiger partial charge in [-0.25, -0.2) is 4.79 Å². The number of hydrogen-bond donors (Lipinski definition) is 2. The first kappa shape index (κ1) is 8.87. The van der Waals surface area contributed by atoms with Crippen LogP contribution in [0.2, 0.25) is 0 Å². The SMILES string of the molecule is Cc1cccc2c1OC(C(=O)O)CN2. The molecule has 1 aliphatic heterocycles. The van der Waals surface area contributed by atoms with Crippen LogP contribution >= 0.6 is 0 Å². The molecular formula is C10H11NO3. The van der Waals surface area contributed by atoms with Gasteiger partial charge in [-0.15, -0.1) is 0 Å². The average Bonchev–Trinajstić information content (AvgIpc) is 2.18. The lowest BCUT2D eigenvalue weighted by atomic mass is 10.1. The summed E-state index contributed by atoms with van der Waals surface area (Å²) >= 11 is 0. The number of carbonyl (C=O) groups is 1. The Morgan fingerprint density at radius 2 is 2.43 bits per heavy atom. The van der Waals surface area contributed by atoms with E-state index in [9.17, 15) is 4.79 Å². The van der Waals surface area contributed by atoms with E-state index in [0.717, 1.165) is 11.3 Å². The molecular weight excluding hydrogens is 182 g/mol. The third-order valence-electron chi connectivity index (χ3n) is 2.23. The molecule has 0 aliphatic carbocycles. The van der Waals surface area contributed by atoms with Gasteiger partial charge in [0.2, 0.25) is 6.10 Å². The molecule has 0 radical (unpaired) electrons.